The molecule has 0 saturated heterocycles. The molecule has 7 heteroatoms. The van der Waals surface area contributed by atoms with Crippen molar-refractivity contribution in [3.05, 3.63) is 88.9 Å². The maximum Gasteiger partial charge on any atom is 0.262 e. The fraction of sp³-hybridized carbons (Fsp3) is 0.0455. The molecule has 3 aromatic rings. The number of amides is 2. The van der Waals surface area contributed by atoms with Crippen LogP contribution in [0.5, 0.6) is 5.75 Å². The summed E-state index contributed by atoms with van der Waals surface area (Å²) in [6.45, 7) is -0.298. The Morgan fingerprint density at radius 3 is 2.31 bits per heavy atom. The zero-order valence-corrected chi connectivity index (χ0v) is 15.9. The van der Waals surface area contributed by atoms with Crippen LogP contribution in [0.25, 0.3) is 0 Å². The van der Waals surface area contributed by atoms with Crippen molar-refractivity contribution in [3.63, 3.8) is 0 Å². The van der Waals surface area contributed by atoms with E-state index in [-0.39, 0.29) is 17.9 Å². The third kappa shape index (κ3) is 5.58. The van der Waals surface area contributed by atoms with Crippen LogP contribution in [0, 0.1) is 11.3 Å². The zero-order chi connectivity index (χ0) is 20.6. The van der Waals surface area contributed by atoms with E-state index in [9.17, 15) is 9.59 Å². The van der Waals surface area contributed by atoms with Gasteiger partial charge in [0.25, 0.3) is 11.8 Å². The molecular weight excluding hydrogens is 390 g/mol. The van der Waals surface area contributed by atoms with Gasteiger partial charge in [0.15, 0.2) is 6.61 Å². The largest absolute Gasteiger partial charge is 0.483 e. The van der Waals surface area contributed by atoms with Crippen molar-refractivity contribution in [2.75, 3.05) is 17.2 Å². The SMILES string of the molecule is N#Cc1ccc(NC(=O)COc2ccc(Cl)cc2C(=O)Nc2ccccc2)cc1. The topological polar surface area (TPSA) is 91.2 Å². The third-order valence-corrected chi connectivity index (χ3v) is 4.11. The highest BCUT2D eigenvalue weighted by molar-refractivity contribution is 6.31. The van der Waals surface area contributed by atoms with Gasteiger partial charge in [0.1, 0.15) is 5.75 Å². The van der Waals surface area contributed by atoms with E-state index in [1.54, 1.807) is 54.6 Å². The predicted molar refractivity (Wildman–Crippen MR) is 111 cm³/mol. The number of anilines is 2. The molecule has 0 saturated carbocycles. The molecule has 6 nitrogen and oxygen atoms in total. The lowest BCUT2D eigenvalue weighted by atomic mass is 10.2. The van der Waals surface area contributed by atoms with E-state index >= 15 is 0 Å². The lowest BCUT2D eigenvalue weighted by Gasteiger charge is -2.12. The van der Waals surface area contributed by atoms with Gasteiger partial charge in [-0.15, -0.1) is 0 Å². The van der Waals surface area contributed by atoms with Crippen LogP contribution in [0.4, 0.5) is 11.4 Å². The smallest absolute Gasteiger partial charge is 0.262 e. The van der Waals surface area contributed by atoms with Gasteiger partial charge in [-0.2, -0.15) is 5.26 Å². The number of nitriles is 1. The molecular formula is C22H16ClN3O3. The van der Waals surface area contributed by atoms with Gasteiger partial charge >= 0.3 is 0 Å². The number of carbonyl (C=O) groups is 2. The Kier molecular flexibility index (Phi) is 6.46. The predicted octanol–water partition coefficient (Wildman–Crippen LogP) is 4.48. The first-order valence-electron chi connectivity index (χ1n) is 8.64. The zero-order valence-electron chi connectivity index (χ0n) is 15.2. The number of hydrogen-bond acceptors (Lipinski definition) is 4. The average molecular weight is 406 g/mol. The van der Waals surface area contributed by atoms with Gasteiger partial charge in [0, 0.05) is 16.4 Å². The molecule has 2 amide bonds. The minimum absolute atomic E-state index is 0.215. The fourth-order valence-corrected chi connectivity index (χ4v) is 2.67. The highest BCUT2D eigenvalue weighted by atomic mass is 35.5. The standard InChI is InChI=1S/C22H16ClN3O3/c23-16-8-11-20(19(12-16)22(28)26-17-4-2-1-3-5-17)29-14-21(27)25-18-9-6-15(13-24)7-10-18/h1-12H,14H2,(H,25,27)(H,26,28). The van der Waals surface area contributed by atoms with Gasteiger partial charge in [-0.05, 0) is 54.6 Å². The fourth-order valence-electron chi connectivity index (χ4n) is 2.49. The van der Waals surface area contributed by atoms with Crippen LogP contribution in [-0.4, -0.2) is 18.4 Å². The van der Waals surface area contributed by atoms with Crippen molar-refractivity contribution in [1.82, 2.24) is 0 Å². The lowest BCUT2D eigenvalue weighted by molar-refractivity contribution is -0.118. The summed E-state index contributed by atoms with van der Waals surface area (Å²) >= 11 is 6.02. The van der Waals surface area contributed by atoms with Gasteiger partial charge in [0.05, 0.1) is 17.2 Å². The van der Waals surface area contributed by atoms with Gasteiger partial charge in [-0.25, -0.2) is 0 Å². The Morgan fingerprint density at radius 2 is 1.62 bits per heavy atom. The van der Waals surface area contributed by atoms with Crippen LogP contribution >= 0.6 is 11.6 Å². The van der Waals surface area contributed by atoms with E-state index in [1.807, 2.05) is 12.1 Å². The van der Waals surface area contributed by atoms with Gasteiger partial charge in [-0.3, -0.25) is 9.59 Å². The summed E-state index contributed by atoms with van der Waals surface area (Å²) < 4.78 is 5.55. The molecule has 0 heterocycles. The number of halogens is 1. The number of benzene rings is 3. The van der Waals surface area contributed by atoms with Crippen molar-refractivity contribution in [1.29, 1.82) is 5.26 Å². The molecule has 29 heavy (non-hydrogen) atoms. The molecule has 3 rings (SSSR count). The molecule has 0 fully saturated rings. The summed E-state index contributed by atoms with van der Waals surface area (Å²) in [6, 6.07) is 22.0. The summed E-state index contributed by atoms with van der Waals surface area (Å²) in [5, 5.41) is 14.6. The number of ether oxygens (including phenoxy) is 1. The number of hydrogen-bond donors (Lipinski definition) is 2. The van der Waals surface area contributed by atoms with Crippen molar-refractivity contribution in [2.24, 2.45) is 0 Å². The van der Waals surface area contributed by atoms with Crippen molar-refractivity contribution in [2.45, 2.75) is 0 Å². The molecule has 0 spiro atoms. The first-order valence-corrected chi connectivity index (χ1v) is 9.02. The molecule has 2 N–H and O–H groups in total. The first-order chi connectivity index (χ1) is 14.0. The number of rotatable bonds is 6. The third-order valence-electron chi connectivity index (χ3n) is 3.87. The molecule has 0 unspecified atom stereocenters. The molecule has 0 bridgehead atoms. The van der Waals surface area contributed by atoms with Gasteiger partial charge in [0.2, 0.25) is 0 Å². The Balaban J connectivity index is 1.66. The number of nitrogens with one attached hydrogen (secondary N) is 2. The second-order valence-corrected chi connectivity index (χ2v) is 6.42. The molecule has 0 atom stereocenters. The van der Waals surface area contributed by atoms with E-state index in [0.717, 1.165) is 0 Å². The summed E-state index contributed by atoms with van der Waals surface area (Å²) in [5.41, 5.74) is 1.87. The summed E-state index contributed by atoms with van der Waals surface area (Å²) in [5.74, 6) is -0.571. The van der Waals surface area contributed by atoms with Gasteiger partial charge in [-0.1, -0.05) is 29.8 Å². The van der Waals surface area contributed by atoms with Crippen molar-refractivity contribution in [3.8, 4) is 11.8 Å². The van der Waals surface area contributed by atoms with Crippen LogP contribution < -0.4 is 15.4 Å². The summed E-state index contributed by atoms with van der Waals surface area (Å²) in [7, 11) is 0. The van der Waals surface area contributed by atoms with E-state index in [4.69, 9.17) is 21.6 Å². The first kappa shape index (κ1) is 19.9. The van der Waals surface area contributed by atoms with Crippen LogP contribution in [0.15, 0.2) is 72.8 Å². The maximum absolute atomic E-state index is 12.6. The van der Waals surface area contributed by atoms with Crippen molar-refractivity contribution < 1.29 is 14.3 Å². The summed E-state index contributed by atoms with van der Waals surface area (Å²) in [4.78, 5) is 24.8. The lowest BCUT2D eigenvalue weighted by Crippen LogP contribution is -2.21. The number of carbonyl (C=O) groups excluding carboxylic acids is 2. The Hall–Kier alpha value is -3.82. The maximum atomic E-state index is 12.6. The highest BCUT2D eigenvalue weighted by Gasteiger charge is 2.15. The van der Waals surface area contributed by atoms with Crippen molar-refractivity contribution >= 4 is 34.8 Å². The molecule has 0 aliphatic heterocycles. The second kappa shape index (κ2) is 9.40. The molecule has 0 aliphatic carbocycles. The number of nitrogens with zero attached hydrogens (tertiary/aromatic N) is 1. The van der Waals surface area contributed by atoms with Gasteiger partial charge < -0.3 is 15.4 Å². The summed E-state index contributed by atoms with van der Waals surface area (Å²) in [6.07, 6.45) is 0. The quantitative estimate of drug-likeness (QED) is 0.632. The monoisotopic (exact) mass is 405 g/mol. The second-order valence-electron chi connectivity index (χ2n) is 5.99. The normalized spacial score (nSPS) is 9.93. The molecule has 0 aliphatic rings. The Bertz CT molecular complexity index is 1060. The average Bonchev–Trinajstić information content (AvgIpc) is 2.74. The van der Waals surface area contributed by atoms with Crippen LogP contribution in [0.3, 0.4) is 0 Å². The number of para-hydroxylation sites is 1. The minimum atomic E-state index is -0.404. The molecule has 3 aromatic carbocycles. The van der Waals surface area contributed by atoms with E-state index in [1.165, 1.54) is 12.1 Å². The van der Waals surface area contributed by atoms with E-state index in [0.29, 0.717) is 22.0 Å². The molecule has 0 aromatic heterocycles. The Morgan fingerprint density at radius 1 is 0.931 bits per heavy atom. The highest BCUT2D eigenvalue weighted by Crippen LogP contribution is 2.24. The van der Waals surface area contributed by atoms with Crippen LogP contribution in [-0.2, 0) is 4.79 Å². The molecule has 144 valence electrons. The van der Waals surface area contributed by atoms with Crippen LogP contribution in [0.1, 0.15) is 15.9 Å². The van der Waals surface area contributed by atoms with E-state index in [2.05, 4.69) is 10.6 Å². The minimum Gasteiger partial charge on any atom is -0.483 e. The van der Waals surface area contributed by atoms with E-state index < -0.39 is 11.8 Å². The molecule has 0 radical (unpaired) electrons. The Labute approximate surface area is 172 Å². The van der Waals surface area contributed by atoms with Crippen LogP contribution in [0.2, 0.25) is 5.02 Å².